The van der Waals surface area contributed by atoms with E-state index in [1.807, 2.05) is 18.2 Å². The summed E-state index contributed by atoms with van der Waals surface area (Å²) >= 11 is 0. The standard InChI is InChI=1S/C14H18N4O5/c19-6-10(12(22)13(23)11(21)7-20)16-18-14-9-4-2-1-3-8(9)5-15-17-14/h1-5,11-13,19-23H,6-7H2,(H,17,18)/t11-,12-,13-/m1/s1. The fourth-order valence-electron chi connectivity index (χ4n) is 1.95. The van der Waals surface area contributed by atoms with Crippen LogP contribution in [0.5, 0.6) is 0 Å². The normalized spacial score (nSPS) is 16.1. The van der Waals surface area contributed by atoms with E-state index in [1.165, 1.54) is 0 Å². The largest absolute Gasteiger partial charge is 0.394 e. The lowest BCUT2D eigenvalue weighted by Crippen LogP contribution is -2.45. The highest BCUT2D eigenvalue weighted by Crippen LogP contribution is 2.19. The number of aliphatic hydroxyl groups excluding tert-OH is 5. The Morgan fingerprint density at radius 1 is 1.17 bits per heavy atom. The van der Waals surface area contributed by atoms with Crippen molar-refractivity contribution >= 4 is 22.3 Å². The zero-order chi connectivity index (χ0) is 16.8. The van der Waals surface area contributed by atoms with Crippen LogP contribution in [0.3, 0.4) is 0 Å². The molecule has 0 saturated carbocycles. The monoisotopic (exact) mass is 322 g/mol. The Labute approximate surface area is 131 Å². The molecule has 1 heterocycles. The van der Waals surface area contributed by atoms with Crippen LogP contribution >= 0.6 is 0 Å². The van der Waals surface area contributed by atoms with Crippen molar-refractivity contribution in [2.45, 2.75) is 18.3 Å². The van der Waals surface area contributed by atoms with E-state index >= 15 is 0 Å². The van der Waals surface area contributed by atoms with E-state index in [0.717, 1.165) is 10.8 Å². The molecule has 0 fully saturated rings. The molecule has 0 aliphatic carbocycles. The van der Waals surface area contributed by atoms with Crippen molar-refractivity contribution < 1.29 is 25.5 Å². The van der Waals surface area contributed by atoms with Crippen molar-refractivity contribution in [3.8, 4) is 0 Å². The fourth-order valence-corrected chi connectivity index (χ4v) is 1.95. The third-order valence-corrected chi connectivity index (χ3v) is 3.28. The summed E-state index contributed by atoms with van der Waals surface area (Å²) in [6.45, 7) is -1.40. The van der Waals surface area contributed by atoms with Gasteiger partial charge in [-0.25, -0.2) is 0 Å². The maximum atomic E-state index is 9.88. The van der Waals surface area contributed by atoms with Gasteiger partial charge in [0.15, 0.2) is 5.82 Å². The molecule has 9 nitrogen and oxygen atoms in total. The van der Waals surface area contributed by atoms with Gasteiger partial charge in [-0.15, -0.1) is 5.10 Å². The highest BCUT2D eigenvalue weighted by atomic mass is 16.4. The number of hydrogen-bond donors (Lipinski definition) is 6. The molecule has 0 unspecified atom stereocenters. The number of nitrogens with one attached hydrogen (secondary N) is 1. The molecule has 0 amide bonds. The predicted molar refractivity (Wildman–Crippen MR) is 82.8 cm³/mol. The van der Waals surface area contributed by atoms with Gasteiger partial charge in [0.25, 0.3) is 0 Å². The molecule has 0 aliphatic heterocycles. The van der Waals surface area contributed by atoms with Crippen LogP contribution in [0.4, 0.5) is 5.82 Å². The Hall–Kier alpha value is -2.17. The Morgan fingerprint density at radius 2 is 1.91 bits per heavy atom. The zero-order valence-electron chi connectivity index (χ0n) is 12.1. The van der Waals surface area contributed by atoms with Gasteiger partial charge in [0.05, 0.1) is 25.1 Å². The third-order valence-electron chi connectivity index (χ3n) is 3.28. The van der Waals surface area contributed by atoms with Crippen molar-refractivity contribution in [1.82, 2.24) is 10.2 Å². The summed E-state index contributed by atoms with van der Waals surface area (Å²) in [6.07, 6.45) is -3.32. The van der Waals surface area contributed by atoms with Crippen molar-refractivity contribution in [2.24, 2.45) is 5.10 Å². The van der Waals surface area contributed by atoms with Crippen LogP contribution in [0.25, 0.3) is 10.8 Å². The molecule has 23 heavy (non-hydrogen) atoms. The quantitative estimate of drug-likeness (QED) is 0.265. The van der Waals surface area contributed by atoms with Gasteiger partial charge < -0.3 is 25.5 Å². The molecule has 1 aromatic carbocycles. The van der Waals surface area contributed by atoms with Crippen LogP contribution in [0, 0.1) is 0 Å². The van der Waals surface area contributed by atoms with E-state index in [9.17, 15) is 20.4 Å². The van der Waals surface area contributed by atoms with Crippen LogP contribution in [0.2, 0.25) is 0 Å². The van der Waals surface area contributed by atoms with E-state index in [-0.39, 0.29) is 5.71 Å². The first-order chi connectivity index (χ1) is 11.1. The highest BCUT2D eigenvalue weighted by Gasteiger charge is 2.28. The van der Waals surface area contributed by atoms with Crippen LogP contribution in [-0.4, -0.2) is 73.0 Å². The molecule has 3 atom stereocenters. The van der Waals surface area contributed by atoms with Gasteiger partial charge in [-0.2, -0.15) is 10.2 Å². The zero-order valence-corrected chi connectivity index (χ0v) is 12.1. The molecule has 0 radical (unpaired) electrons. The summed E-state index contributed by atoms with van der Waals surface area (Å²) in [5.74, 6) is 0.304. The molecule has 0 bridgehead atoms. The first-order valence-electron chi connectivity index (χ1n) is 6.87. The number of aliphatic hydroxyl groups is 5. The van der Waals surface area contributed by atoms with Gasteiger partial charge in [0.1, 0.15) is 18.3 Å². The molecule has 6 N–H and O–H groups in total. The van der Waals surface area contributed by atoms with Crippen LogP contribution < -0.4 is 5.43 Å². The second-order valence-electron chi connectivity index (χ2n) is 4.84. The predicted octanol–water partition coefficient (Wildman–Crippen LogP) is -1.54. The summed E-state index contributed by atoms with van der Waals surface area (Å²) < 4.78 is 0. The number of hydrogen-bond acceptors (Lipinski definition) is 9. The first kappa shape index (κ1) is 17.2. The minimum Gasteiger partial charge on any atom is -0.394 e. The Kier molecular flexibility index (Phi) is 5.90. The summed E-state index contributed by atoms with van der Waals surface area (Å²) in [4.78, 5) is 0. The number of aromatic nitrogens is 2. The van der Waals surface area contributed by atoms with E-state index in [1.54, 1.807) is 12.3 Å². The number of benzene rings is 1. The maximum absolute atomic E-state index is 9.88. The topological polar surface area (TPSA) is 151 Å². The highest BCUT2D eigenvalue weighted by molar-refractivity contribution is 5.93. The van der Waals surface area contributed by atoms with Crippen LogP contribution in [0.15, 0.2) is 35.6 Å². The minimum atomic E-state index is -1.69. The minimum absolute atomic E-state index is 0.222. The Morgan fingerprint density at radius 3 is 2.61 bits per heavy atom. The van der Waals surface area contributed by atoms with E-state index < -0.39 is 31.5 Å². The maximum Gasteiger partial charge on any atom is 0.176 e. The first-order valence-corrected chi connectivity index (χ1v) is 6.87. The van der Waals surface area contributed by atoms with E-state index in [4.69, 9.17) is 5.11 Å². The lowest BCUT2D eigenvalue weighted by atomic mass is 10.0. The molecular weight excluding hydrogens is 304 g/mol. The molecule has 0 spiro atoms. The van der Waals surface area contributed by atoms with Crippen molar-refractivity contribution in [2.75, 3.05) is 18.6 Å². The Bertz CT molecular complexity index is 676. The molecule has 2 rings (SSSR count). The van der Waals surface area contributed by atoms with Crippen LogP contribution in [0.1, 0.15) is 0 Å². The molecule has 2 aromatic rings. The van der Waals surface area contributed by atoms with Crippen molar-refractivity contribution in [1.29, 1.82) is 0 Å². The van der Waals surface area contributed by atoms with Crippen LogP contribution in [-0.2, 0) is 0 Å². The average molecular weight is 322 g/mol. The number of hydrazone groups is 1. The third kappa shape index (κ3) is 3.97. The molecular formula is C14H18N4O5. The number of anilines is 1. The summed E-state index contributed by atoms with van der Waals surface area (Å²) in [7, 11) is 0. The van der Waals surface area contributed by atoms with Gasteiger partial charge in [-0.05, 0) is 0 Å². The van der Waals surface area contributed by atoms with Gasteiger partial charge in [-0.3, -0.25) is 5.43 Å². The molecule has 124 valence electrons. The van der Waals surface area contributed by atoms with Gasteiger partial charge >= 0.3 is 0 Å². The average Bonchev–Trinajstić information content (AvgIpc) is 2.60. The number of rotatable bonds is 7. The smallest absolute Gasteiger partial charge is 0.176 e. The SMILES string of the molecule is OCC(=NNc1nncc2ccccc12)[C@@H](O)[C@H](O)[C@H](O)CO. The Balaban J connectivity index is 2.21. The number of fused-ring (bicyclic) bond motifs is 1. The van der Waals surface area contributed by atoms with Gasteiger partial charge in [0.2, 0.25) is 0 Å². The summed E-state index contributed by atoms with van der Waals surface area (Å²) in [5, 5.41) is 60.0. The van der Waals surface area contributed by atoms with Crippen molar-refractivity contribution in [3.63, 3.8) is 0 Å². The van der Waals surface area contributed by atoms with E-state index in [0.29, 0.717) is 5.82 Å². The fraction of sp³-hybridized carbons (Fsp3) is 0.357. The molecule has 0 saturated heterocycles. The van der Waals surface area contributed by atoms with E-state index in [2.05, 4.69) is 20.7 Å². The summed E-state index contributed by atoms with van der Waals surface area (Å²) in [6, 6.07) is 7.28. The molecule has 1 aromatic heterocycles. The van der Waals surface area contributed by atoms with Gasteiger partial charge in [-0.1, -0.05) is 24.3 Å². The summed E-state index contributed by atoms with van der Waals surface area (Å²) in [5.41, 5.74) is 2.35. The van der Waals surface area contributed by atoms with Gasteiger partial charge in [0, 0.05) is 10.8 Å². The second kappa shape index (κ2) is 7.90. The lowest BCUT2D eigenvalue weighted by molar-refractivity contribution is -0.0564. The van der Waals surface area contributed by atoms with Crippen molar-refractivity contribution in [3.05, 3.63) is 30.5 Å². The second-order valence-corrected chi connectivity index (χ2v) is 4.84. The lowest BCUT2D eigenvalue weighted by Gasteiger charge is -2.22. The molecule has 9 heteroatoms. The number of nitrogens with zero attached hydrogens (tertiary/aromatic N) is 3. The molecule has 0 aliphatic rings.